The first-order valence-corrected chi connectivity index (χ1v) is 5.68. The summed E-state index contributed by atoms with van der Waals surface area (Å²) in [5.41, 5.74) is 1.32. The fourth-order valence-corrected chi connectivity index (χ4v) is 1.93. The third-order valence-electron chi connectivity index (χ3n) is 2.83. The number of benzene rings is 1. The molecule has 1 aromatic heterocycles. The van der Waals surface area contributed by atoms with Gasteiger partial charge in [0.15, 0.2) is 17.8 Å². The van der Waals surface area contributed by atoms with Gasteiger partial charge in [-0.25, -0.2) is 0 Å². The zero-order chi connectivity index (χ0) is 13.8. The maximum atomic E-state index is 11.0. The average molecular weight is 261 g/mol. The number of rotatable bonds is 5. The highest BCUT2D eigenvalue weighted by molar-refractivity contribution is 5.74. The lowest BCUT2D eigenvalue weighted by Crippen LogP contribution is -2.01. The summed E-state index contributed by atoms with van der Waals surface area (Å²) in [6, 6.07) is 7.10. The summed E-state index contributed by atoms with van der Waals surface area (Å²) in [5.74, 6) is 1.61. The number of hydrogen-bond donors (Lipinski definition) is 0. The molecule has 2 rings (SSSR count). The van der Waals surface area contributed by atoms with Gasteiger partial charge in [0, 0.05) is 18.3 Å². The van der Waals surface area contributed by atoms with Gasteiger partial charge in [0.2, 0.25) is 5.75 Å². The molecule has 0 radical (unpaired) electrons. The van der Waals surface area contributed by atoms with E-state index in [1.54, 1.807) is 56.4 Å². The van der Waals surface area contributed by atoms with Crippen molar-refractivity contribution in [3.8, 4) is 22.9 Å². The Hall–Kier alpha value is -2.43. The zero-order valence-electron chi connectivity index (χ0n) is 11.0. The average Bonchev–Trinajstić information content (AvgIpc) is 2.93. The molecule has 0 saturated carbocycles. The molecule has 0 saturated heterocycles. The molecule has 0 aliphatic rings. The molecule has 0 aliphatic heterocycles. The molecule has 1 heterocycles. The van der Waals surface area contributed by atoms with Crippen LogP contribution in [0.4, 0.5) is 0 Å². The van der Waals surface area contributed by atoms with E-state index in [1.807, 2.05) is 0 Å². The Morgan fingerprint density at radius 1 is 1.05 bits per heavy atom. The Bertz CT molecular complexity index is 564. The summed E-state index contributed by atoms with van der Waals surface area (Å²) in [5, 5.41) is 0. The zero-order valence-corrected chi connectivity index (χ0v) is 11.0. The summed E-state index contributed by atoms with van der Waals surface area (Å²) >= 11 is 0. The number of aromatic nitrogens is 1. The van der Waals surface area contributed by atoms with Crippen molar-refractivity contribution in [3.63, 3.8) is 0 Å². The lowest BCUT2D eigenvalue weighted by Gasteiger charge is -2.15. The van der Waals surface area contributed by atoms with Crippen LogP contribution in [0.15, 0.2) is 30.5 Å². The van der Waals surface area contributed by atoms with E-state index in [2.05, 4.69) is 0 Å². The highest BCUT2D eigenvalue weighted by Gasteiger charge is 2.14. The number of ether oxygens (including phenoxy) is 3. The number of carbonyl (C=O) groups is 1. The van der Waals surface area contributed by atoms with E-state index in [9.17, 15) is 4.79 Å². The van der Waals surface area contributed by atoms with Gasteiger partial charge in [0.1, 0.15) is 0 Å². The van der Waals surface area contributed by atoms with Crippen molar-refractivity contribution in [3.05, 3.63) is 36.2 Å². The molecule has 1 aromatic carbocycles. The SMILES string of the molecule is COc1cc(-n2cccc2C=O)cc(OC)c1OC. The van der Waals surface area contributed by atoms with E-state index in [0.29, 0.717) is 22.9 Å². The van der Waals surface area contributed by atoms with Crippen LogP contribution in [0.3, 0.4) is 0 Å². The highest BCUT2D eigenvalue weighted by atomic mass is 16.5. The van der Waals surface area contributed by atoms with Crippen LogP contribution in [0.2, 0.25) is 0 Å². The number of nitrogens with zero attached hydrogens (tertiary/aromatic N) is 1. The van der Waals surface area contributed by atoms with Gasteiger partial charge in [0.05, 0.1) is 32.7 Å². The van der Waals surface area contributed by atoms with Gasteiger partial charge in [-0.3, -0.25) is 4.79 Å². The standard InChI is InChI=1S/C14H15NO4/c1-17-12-7-11(8-13(18-2)14(12)19-3)15-6-4-5-10(15)9-16/h4-9H,1-3H3. The van der Waals surface area contributed by atoms with Gasteiger partial charge in [-0.05, 0) is 12.1 Å². The van der Waals surface area contributed by atoms with Crippen LogP contribution in [0.5, 0.6) is 17.2 Å². The van der Waals surface area contributed by atoms with E-state index < -0.39 is 0 Å². The second-order valence-electron chi connectivity index (χ2n) is 3.80. The lowest BCUT2D eigenvalue weighted by atomic mass is 10.2. The topological polar surface area (TPSA) is 49.7 Å². The van der Waals surface area contributed by atoms with Crippen LogP contribution in [-0.2, 0) is 0 Å². The van der Waals surface area contributed by atoms with Gasteiger partial charge in [-0.15, -0.1) is 0 Å². The third-order valence-corrected chi connectivity index (χ3v) is 2.83. The Labute approximate surface area is 111 Å². The van der Waals surface area contributed by atoms with E-state index in [1.165, 1.54) is 0 Å². The van der Waals surface area contributed by atoms with Crippen LogP contribution in [-0.4, -0.2) is 32.2 Å². The summed E-state index contributed by atoms with van der Waals surface area (Å²) in [6.07, 6.45) is 2.59. The molecule has 0 bridgehead atoms. The van der Waals surface area contributed by atoms with E-state index in [0.717, 1.165) is 12.0 Å². The molecular formula is C14H15NO4. The van der Waals surface area contributed by atoms with Crippen LogP contribution >= 0.6 is 0 Å². The van der Waals surface area contributed by atoms with E-state index >= 15 is 0 Å². The number of aldehydes is 1. The minimum absolute atomic E-state index is 0.522. The monoisotopic (exact) mass is 261 g/mol. The Morgan fingerprint density at radius 2 is 1.68 bits per heavy atom. The Kier molecular flexibility index (Phi) is 3.75. The van der Waals surface area contributed by atoms with Crippen molar-refractivity contribution in [1.29, 1.82) is 0 Å². The van der Waals surface area contributed by atoms with E-state index in [4.69, 9.17) is 14.2 Å². The summed E-state index contributed by atoms with van der Waals surface area (Å²) in [7, 11) is 4.65. The second-order valence-corrected chi connectivity index (χ2v) is 3.80. The van der Waals surface area contributed by atoms with Gasteiger partial charge in [0.25, 0.3) is 0 Å². The fraction of sp³-hybridized carbons (Fsp3) is 0.214. The first-order valence-electron chi connectivity index (χ1n) is 5.68. The van der Waals surface area contributed by atoms with Gasteiger partial charge >= 0.3 is 0 Å². The normalized spacial score (nSPS) is 10.1. The smallest absolute Gasteiger partial charge is 0.203 e. The predicted molar refractivity (Wildman–Crippen MR) is 70.8 cm³/mol. The van der Waals surface area contributed by atoms with Crippen LogP contribution < -0.4 is 14.2 Å². The van der Waals surface area contributed by atoms with Crippen molar-refractivity contribution < 1.29 is 19.0 Å². The van der Waals surface area contributed by atoms with Crippen LogP contribution in [0.1, 0.15) is 10.5 Å². The van der Waals surface area contributed by atoms with Gasteiger partial charge < -0.3 is 18.8 Å². The third kappa shape index (κ3) is 2.27. The van der Waals surface area contributed by atoms with Gasteiger partial charge in [-0.2, -0.15) is 0 Å². The molecule has 0 atom stereocenters. The molecule has 5 heteroatoms. The molecule has 0 unspecified atom stereocenters. The molecule has 19 heavy (non-hydrogen) atoms. The fourth-order valence-electron chi connectivity index (χ4n) is 1.93. The molecule has 5 nitrogen and oxygen atoms in total. The number of methoxy groups -OCH3 is 3. The van der Waals surface area contributed by atoms with Crippen molar-refractivity contribution in [2.24, 2.45) is 0 Å². The van der Waals surface area contributed by atoms with E-state index in [-0.39, 0.29) is 0 Å². The largest absolute Gasteiger partial charge is 0.493 e. The minimum atomic E-state index is 0.522. The minimum Gasteiger partial charge on any atom is -0.493 e. The van der Waals surface area contributed by atoms with Crippen molar-refractivity contribution in [1.82, 2.24) is 4.57 Å². The Morgan fingerprint density at radius 3 is 2.16 bits per heavy atom. The maximum Gasteiger partial charge on any atom is 0.203 e. The maximum absolute atomic E-state index is 11.0. The van der Waals surface area contributed by atoms with Gasteiger partial charge in [-0.1, -0.05) is 0 Å². The predicted octanol–water partition coefficient (Wildman–Crippen LogP) is 2.32. The van der Waals surface area contributed by atoms with Crippen molar-refractivity contribution in [2.45, 2.75) is 0 Å². The van der Waals surface area contributed by atoms with Crippen molar-refractivity contribution in [2.75, 3.05) is 21.3 Å². The van der Waals surface area contributed by atoms with Crippen LogP contribution in [0, 0.1) is 0 Å². The molecule has 100 valence electrons. The van der Waals surface area contributed by atoms with Crippen molar-refractivity contribution >= 4 is 6.29 Å². The molecule has 0 aliphatic carbocycles. The quantitative estimate of drug-likeness (QED) is 0.775. The molecule has 0 amide bonds. The molecule has 0 spiro atoms. The summed E-state index contributed by atoms with van der Waals surface area (Å²) in [4.78, 5) is 11.0. The lowest BCUT2D eigenvalue weighted by molar-refractivity contribution is 0.111. The summed E-state index contributed by atoms with van der Waals surface area (Å²) in [6.45, 7) is 0. The van der Waals surface area contributed by atoms with Crippen LogP contribution in [0.25, 0.3) is 5.69 Å². The number of carbonyl (C=O) groups excluding carboxylic acids is 1. The molecule has 0 N–H and O–H groups in total. The summed E-state index contributed by atoms with van der Waals surface area (Å²) < 4.78 is 17.6. The first-order chi connectivity index (χ1) is 9.24. The second kappa shape index (κ2) is 5.48. The molecule has 2 aromatic rings. The first kappa shape index (κ1) is 13.0. The molecular weight excluding hydrogens is 246 g/mol. The number of hydrogen-bond acceptors (Lipinski definition) is 4. The molecule has 0 fully saturated rings. The Balaban J connectivity index is 2.62. The highest BCUT2D eigenvalue weighted by Crippen LogP contribution is 2.39.